The maximum absolute atomic E-state index is 11.6. The Morgan fingerprint density at radius 3 is 2.92 bits per heavy atom. The molecule has 0 aliphatic heterocycles. The third-order valence-electron chi connectivity index (χ3n) is 2.62. The first-order valence-electron chi connectivity index (χ1n) is 4.56. The number of hydrogen-bond donors (Lipinski definition) is 1. The van der Waals surface area contributed by atoms with Gasteiger partial charge in [-0.1, -0.05) is 18.2 Å². The largest absolute Gasteiger partial charge is 0.327 e. The molecule has 2 rings (SSSR count). The molecular weight excluding hydrogens is 162 g/mol. The van der Waals surface area contributed by atoms with Crippen LogP contribution in [0.2, 0.25) is 0 Å². The minimum absolute atomic E-state index is 0.0149. The van der Waals surface area contributed by atoms with Gasteiger partial charge in [-0.25, -0.2) is 0 Å². The monoisotopic (exact) mass is 175 g/mol. The molecule has 1 unspecified atom stereocenters. The van der Waals surface area contributed by atoms with Crippen molar-refractivity contribution in [2.45, 2.75) is 25.8 Å². The van der Waals surface area contributed by atoms with Crippen LogP contribution < -0.4 is 5.73 Å². The molecule has 1 aromatic rings. The van der Waals surface area contributed by atoms with Crippen LogP contribution in [0.5, 0.6) is 0 Å². The van der Waals surface area contributed by atoms with Crippen LogP contribution in [0.3, 0.4) is 0 Å². The lowest BCUT2D eigenvalue weighted by molar-refractivity contribution is 0.0965. The normalized spacial score (nSPS) is 21.4. The SMILES string of the molecule is Cc1cccc2c1CC(N)CC2=O. The fourth-order valence-corrected chi connectivity index (χ4v) is 1.92. The predicted octanol–water partition coefficient (Wildman–Crippen LogP) is 1.45. The van der Waals surface area contributed by atoms with Gasteiger partial charge in [-0.15, -0.1) is 0 Å². The Bertz CT molecular complexity index is 357. The topological polar surface area (TPSA) is 43.1 Å². The molecule has 68 valence electrons. The van der Waals surface area contributed by atoms with E-state index < -0.39 is 0 Å². The van der Waals surface area contributed by atoms with Gasteiger partial charge in [0.2, 0.25) is 0 Å². The van der Waals surface area contributed by atoms with E-state index >= 15 is 0 Å². The molecule has 0 amide bonds. The van der Waals surface area contributed by atoms with Gasteiger partial charge in [0.15, 0.2) is 5.78 Å². The van der Waals surface area contributed by atoms with Crippen molar-refractivity contribution in [3.63, 3.8) is 0 Å². The Morgan fingerprint density at radius 2 is 2.15 bits per heavy atom. The number of carbonyl (C=O) groups excluding carboxylic acids is 1. The number of benzene rings is 1. The van der Waals surface area contributed by atoms with Gasteiger partial charge in [-0.2, -0.15) is 0 Å². The van der Waals surface area contributed by atoms with Gasteiger partial charge in [0.05, 0.1) is 0 Å². The maximum atomic E-state index is 11.6. The van der Waals surface area contributed by atoms with E-state index in [0.717, 1.165) is 17.5 Å². The highest BCUT2D eigenvalue weighted by Gasteiger charge is 2.22. The highest BCUT2D eigenvalue weighted by Crippen LogP contribution is 2.23. The average Bonchev–Trinajstić information content (AvgIpc) is 2.07. The third-order valence-corrected chi connectivity index (χ3v) is 2.62. The van der Waals surface area contributed by atoms with Gasteiger partial charge in [0.25, 0.3) is 0 Å². The van der Waals surface area contributed by atoms with E-state index in [1.807, 2.05) is 25.1 Å². The van der Waals surface area contributed by atoms with E-state index in [1.54, 1.807) is 0 Å². The zero-order valence-corrected chi connectivity index (χ0v) is 7.71. The van der Waals surface area contributed by atoms with E-state index in [1.165, 1.54) is 5.56 Å². The van der Waals surface area contributed by atoms with E-state index in [4.69, 9.17) is 5.73 Å². The Labute approximate surface area is 77.8 Å². The summed E-state index contributed by atoms with van der Waals surface area (Å²) in [5.41, 5.74) is 8.99. The molecule has 0 spiro atoms. The summed E-state index contributed by atoms with van der Waals surface area (Å²) in [6, 6.07) is 5.88. The molecule has 0 heterocycles. The van der Waals surface area contributed by atoms with Crippen molar-refractivity contribution in [3.05, 3.63) is 34.9 Å². The number of ketones is 1. The van der Waals surface area contributed by atoms with Crippen LogP contribution >= 0.6 is 0 Å². The summed E-state index contributed by atoms with van der Waals surface area (Å²) in [5.74, 6) is 0.192. The molecule has 0 radical (unpaired) electrons. The summed E-state index contributed by atoms with van der Waals surface area (Å²) in [6.45, 7) is 2.03. The standard InChI is InChI=1S/C11H13NO/c1-7-3-2-4-9-10(7)5-8(12)6-11(9)13/h2-4,8H,5-6,12H2,1H3. The first-order chi connectivity index (χ1) is 6.18. The Morgan fingerprint density at radius 1 is 1.38 bits per heavy atom. The molecule has 2 N–H and O–H groups in total. The van der Waals surface area contributed by atoms with E-state index in [0.29, 0.717) is 6.42 Å². The molecule has 1 atom stereocenters. The van der Waals surface area contributed by atoms with Crippen LogP contribution in [0.25, 0.3) is 0 Å². The zero-order chi connectivity index (χ0) is 9.42. The summed E-state index contributed by atoms with van der Waals surface area (Å²) in [5, 5.41) is 0. The van der Waals surface area contributed by atoms with E-state index in [-0.39, 0.29) is 11.8 Å². The van der Waals surface area contributed by atoms with Crippen molar-refractivity contribution in [2.75, 3.05) is 0 Å². The average molecular weight is 175 g/mol. The van der Waals surface area contributed by atoms with Crippen LogP contribution in [0.1, 0.15) is 27.9 Å². The molecular formula is C11H13NO. The first-order valence-corrected chi connectivity index (χ1v) is 4.56. The molecule has 0 fully saturated rings. The summed E-state index contributed by atoms with van der Waals surface area (Å²) < 4.78 is 0. The fraction of sp³-hybridized carbons (Fsp3) is 0.364. The van der Waals surface area contributed by atoms with Gasteiger partial charge in [-0.05, 0) is 24.5 Å². The van der Waals surface area contributed by atoms with Crippen LogP contribution in [0.4, 0.5) is 0 Å². The van der Waals surface area contributed by atoms with Gasteiger partial charge in [0.1, 0.15) is 0 Å². The second-order valence-electron chi connectivity index (χ2n) is 3.69. The zero-order valence-electron chi connectivity index (χ0n) is 7.71. The Kier molecular flexibility index (Phi) is 1.93. The number of Topliss-reactive ketones (excluding diaryl/α,β-unsaturated/α-hetero) is 1. The van der Waals surface area contributed by atoms with Crippen molar-refractivity contribution < 1.29 is 4.79 Å². The lowest BCUT2D eigenvalue weighted by atomic mass is 9.85. The second-order valence-corrected chi connectivity index (χ2v) is 3.69. The summed E-state index contributed by atoms with van der Waals surface area (Å²) in [4.78, 5) is 11.6. The van der Waals surface area contributed by atoms with Crippen LogP contribution in [0, 0.1) is 6.92 Å². The smallest absolute Gasteiger partial charge is 0.164 e. The molecule has 0 bridgehead atoms. The lowest BCUT2D eigenvalue weighted by Gasteiger charge is -2.21. The highest BCUT2D eigenvalue weighted by molar-refractivity contribution is 5.99. The number of hydrogen-bond acceptors (Lipinski definition) is 2. The number of carbonyl (C=O) groups is 1. The Hall–Kier alpha value is -1.15. The quantitative estimate of drug-likeness (QED) is 0.648. The molecule has 13 heavy (non-hydrogen) atoms. The summed E-state index contributed by atoms with van der Waals surface area (Å²) >= 11 is 0. The van der Waals surface area contributed by atoms with Crippen molar-refractivity contribution in [3.8, 4) is 0 Å². The van der Waals surface area contributed by atoms with Crippen molar-refractivity contribution in [2.24, 2.45) is 5.73 Å². The lowest BCUT2D eigenvalue weighted by Crippen LogP contribution is -2.32. The third kappa shape index (κ3) is 1.38. The molecule has 2 heteroatoms. The van der Waals surface area contributed by atoms with Crippen LogP contribution in [0.15, 0.2) is 18.2 Å². The minimum Gasteiger partial charge on any atom is -0.327 e. The molecule has 1 aliphatic rings. The molecule has 0 saturated carbocycles. The Balaban J connectivity index is 2.55. The molecule has 1 aromatic carbocycles. The highest BCUT2D eigenvalue weighted by atomic mass is 16.1. The van der Waals surface area contributed by atoms with E-state index in [9.17, 15) is 4.79 Å². The van der Waals surface area contributed by atoms with Gasteiger partial charge in [0, 0.05) is 18.0 Å². The molecule has 0 aromatic heterocycles. The summed E-state index contributed by atoms with van der Waals surface area (Å²) in [6.07, 6.45) is 1.34. The van der Waals surface area contributed by atoms with Crippen molar-refractivity contribution >= 4 is 5.78 Å². The fourth-order valence-electron chi connectivity index (χ4n) is 1.92. The number of fused-ring (bicyclic) bond motifs is 1. The minimum atomic E-state index is 0.0149. The van der Waals surface area contributed by atoms with Crippen LogP contribution in [-0.4, -0.2) is 11.8 Å². The summed E-state index contributed by atoms with van der Waals surface area (Å²) in [7, 11) is 0. The second kappa shape index (κ2) is 2.96. The van der Waals surface area contributed by atoms with Gasteiger partial charge in [-0.3, -0.25) is 4.79 Å². The maximum Gasteiger partial charge on any atom is 0.164 e. The van der Waals surface area contributed by atoms with Crippen LogP contribution in [-0.2, 0) is 6.42 Å². The van der Waals surface area contributed by atoms with Crippen molar-refractivity contribution in [1.82, 2.24) is 0 Å². The first kappa shape index (κ1) is 8.45. The molecule has 2 nitrogen and oxygen atoms in total. The number of nitrogens with two attached hydrogens (primary N) is 1. The number of aryl methyl sites for hydroxylation is 1. The van der Waals surface area contributed by atoms with E-state index in [2.05, 4.69) is 0 Å². The molecule has 0 saturated heterocycles. The van der Waals surface area contributed by atoms with Gasteiger partial charge < -0.3 is 5.73 Å². The van der Waals surface area contributed by atoms with Gasteiger partial charge >= 0.3 is 0 Å². The number of rotatable bonds is 0. The molecule has 1 aliphatic carbocycles. The predicted molar refractivity (Wildman–Crippen MR) is 51.8 cm³/mol. The van der Waals surface area contributed by atoms with Crippen molar-refractivity contribution in [1.29, 1.82) is 0 Å².